The van der Waals surface area contributed by atoms with Crippen LogP contribution in [0, 0.1) is 0 Å². The number of thioether (sulfide) groups is 1. The topological polar surface area (TPSA) is 69.0 Å². The van der Waals surface area contributed by atoms with Gasteiger partial charge in [-0.3, -0.25) is 9.36 Å². The van der Waals surface area contributed by atoms with E-state index >= 15 is 0 Å². The van der Waals surface area contributed by atoms with Gasteiger partial charge in [-0.1, -0.05) is 49.0 Å². The molecule has 150 valence electrons. The third-order valence-corrected chi connectivity index (χ3v) is 5.32. The van der Waals surface area contributed by atoms with Crippen molar-refractivity contribution in [3.05, 3.63) is 66.7 Å². The molecule has 0 unspecified atom stereocenters. The summed E-state index contributed by atoms with van der Waals surface area (Å²) in [6.07, 6.45) is 2.75. The van der Waals surface area contributed by atoms with Gasteiger partial charge in [-0.2, -0.15) is 0 Å². The maximum Gasteiger partial charge on any atom is 0.234 e. The highest BCUT2D eigenvalue weighted by Crippen LogP contribution is 2.30. The SMILES string of the molecule is C=CCn1c(SCC(=O)Nc2ccc(CC)cc2)nnc1-c1ccccc1OC. The summed E-state index contributed by atoms with van der Waals surface area (Å²) < 4.78 is 7.37. The van der Waals surface area contributed by atoms with Gasteiger partial charge in [0.05, 0.1) is 18.4 Å². The largest absolute Gasteiger partial charge is 0.496 e. The van der Waals surface area contributed by atoms with Gasteiger partial charge in [0.25, 0.3) is 0 Å². The predicted molar refractivity (Wildman–Crippen MR) is 117 cm³/mol. The minimum Gasteiger partial charge on any atom is -0.496 e. The number of hydrogen-bond donors (Lipinski definition) is 1. The lowest BCUT2D eigenvalue weighted by Gasteiger charge is -2.10. The molecule has 0 aliphatic heterocycles. The van der Waals surface area contributed by atoms with Gasteiger partial charge in [-0.05, 0) is 36.2 Å². The van der Waals surface area contributed by atoms with Crippen LogP contribution in [-0.4, -0.2) is 33.5 Å². The summed E-state index contributed by atoms with van der Waals surface area (Å²) in [7, 11) is 1.63. The Morgan fingerprint density at radius 1 is 1.21 bits per heavy atom. The molecule has 6 nitrogen and oxygen atoms in total. The lowest BCUT2D eigenvalue weighted by molar-refractivity contribution is -0.113. The molecule has 0 radical (unpaired) electrons. The molecule has 29 heavy (non-hydrogen) atoms. The van der Waals surface area contributed by atoms with Gasteiger partial charge in [0.2, 0.25) is 5.91 Å². The molecule has 0 fully saturated rings. The molecular formula is C22H24N4O2S. The van der Waals surface area contributed by atoms with Gasteiger partial charge < -0.3 is 10.1 Å². The van der Waals surface area contributed by atoms with Gasteiger partial charge in [0.1, 0.15) is 5.75 Å². The summed E-state index contributed by atoms with van der Waals surface area (Å²) >= 11 is 1.34. The summed E-state index contributed by atoms with van der Waals surface area (Å²) in [5, 5.41) is 12.2. The number of carbonyl (C=O) groups excluding carboxylic acids is 1. The first-order chi connectivity index (χ1) is 14.2. The van der Waals surface area contributed by atoms with E-state index in [2.05, 4.69) is 29.0 Å². The molecule has 0 aliphatic rings. The number of hydrogen-bond acceptors (Lipinski definition) is 5. The molecule has 2 aromatic carbocycles. The van der Waals surface area contributed by atoms with Crippen LogP contribution in [-0.2, 0) is 17.8 Å². The van der Waals surface area contributed by atoms with Crippen molar-refractivity contribution in [2.24, 2.45) is 0 Å². The first-order valence-corrected chi connectivity index (χ1v) is 10.3. The van der Waals surface area contributed by atoms with E-state index < -0.39 is 0 Å². The van der Waals surface area contributed by atoms with Crippen molar-refractivity contribution in [2.75, 3.05) is 18.2 Å². The molecule has 3 rings (SSSR count). The van der Waals surface area contributed by atoms with E-state index in [-0.39, 0.29) is 11.7 Å². The number of methoxy groups -OCH3 is 1. The number of rotatable bonds is 9. The predicted octanol–water partition coefficient (Wildman–Crippen LogP) is 4.43. The maximum atomic E-state index is 12.4. The third-order valence-electron chi connectivity index (χ3n) is 4.35. The number of anilines is 1. The van der Waals surface area contributed by atoms with Crippen LogP contribution in [0.25, 0.3) is 11.4 Å². The van der Waals surface area contributed by atoms with E-state index in [9.17, 15) is 4.79 Å². The number of aromatic nitrogens is 3. The van der Waals surface area contributed by atoms with Crippen molar-refractivity contribution in [3.8, 4) is 17.1 Å². The van der Waals surface area contributed by atoms with Crippen molar-refractivity contribution in [2.45, 2.75) is 25.0 Å². The quantitative estimate of drug-likeness (QED) is 0.419. The molecule has 0 aliphatic carbocycles. The zero-order chi connectivity index (χ0) is 20.6. The molecule has 1 aromatic heterocycles. The number of amides is 1. The fourth-order valence-electron chi connectivity index (χ4n) is 2.87. The van der Waals surface area contributed by atoms with Gasteiger partial charge in [0.15, 0.2) is 11.0 Å². The van der Waals surface area contributed by atoms with Gasteiger partial charge in [-0.25, -0.2) is 0 Å². The monoisotopic (exact) mass is 408 g/mol. The minimum absolute atomic E-state index is 0.0914. The summed E-state index contributed by atoms with van der Waals surface area (Å²) in [6.45, 7) is 6.45. The Labute approximate surface area is 175 Å². The number of carbonyl (C=O) groups is 1. The molecule has 0 bridgehead atoms. The highest BCUT2D eigenvalue weighted by atomic mass is 32.2. The fourth-order valence-corrected chi connectivity index (χ4v) is 3.62. The number of para-hydroxylation sites is 1. The van der Waals surface area contributed by atoms with Gasteiger partial charge in [-0.15, -0.1) is 16.8 Å². The molecule has 0 atom stereocenters. The molecule has 0 saturated heterocycles. The number of benzene rings is 2. The number of aryl methyl sites for hydroxylation is 1. The Hall–Kier alpha value is -3.06. The summed E-state index contributed by atoms with van der Waals surface area (Å²) in [5.74, 6) is 1.54. The first kappa shape index (κ1) is 20.7. The number of nitrogens with one attached hydrogen (secondary N) is 1. The normalized spacial score (nSPS) is 10.6. The Kier molecular flexibility index (Phi) is 7.08. The van der Waals surface area contributed by atoms with Crippen LogP contribution >= 0.6 is 11.8 Å². The zero-order valence-corrected chi connectivity index (χ0v) is 17.4. The van der Waals surface area contributed by atoms with E-state index in [4.69, 9.17) is 4.74 Å². The van der Waals surface area contributed by atoms with E-state index in [1.165, 1.54) is 17.3 Å². The molecule has 7 heteroatoms. The van der Waals surface area contributed by atoms with Crippen LogP contribution in [0.3, 0.4) is 0 Å². The van der Waals surface area contributed by atoms with E-state index in [0.717, 1.165) is 23.4 Å². The second-order valence-corrected chi connectivity index (χ2v) is 7.24. The van der Waals surface area contributed by atoms with Crippen LogP contribution in [0.5, 0.6) is 5.75 Å². The zero-order valence-electron chi connectivity index (χ0n) is 16.6. The summed E-state index contributed by atoms with van der Waals surface area (Å²) in [4.78, 5) is 12.4. The molecule has 0 spiro atoms. The molecule has 0 saturated carbocycles. The Bertz CT molecular complexity index is 983. The lowest BCUT2D eigenvalue weighted by atomic mass is 10.1. The molecule has 3 aromatic rings. The van der Waals surface area contributed by atoms with Crippen LogP contribution in [0.4, 0.5) is 5.69 Å². The highest BCUT2D eigenvalue weighted by Gasteiger charge is 2.17. The van der Waals surface area contributed by atoms with Crippen LogP contribution in [0.15, 0.2) is 66.3 Å². The molecule has 1 heterocycles. The minimum atomic E-state index is -0.0914. The first-order valence-electron chi connectivity index (χ1n) is 9.35. The van der Waals surface area contributed by atoms with Crippen molar-refractivity contribution >= 4 is 23.4 Å². The molecule has 1 amide bonds. The highest BCUT2D eigenvalue weighted by molar-refractivity contribution is 7.99. The maximum absolute atomic E-state index is 12.4. The summed E-state index contributed by atoms with van der Waals surface area (Å²) in [5.41, 5.74) is 2.87. The van der Waals surface area contributed by atoms with Crippen molar-refractivity contribution in [3.63, 3.8) is 0 Å². The third kappa shape index (κ3) is 5.06. The smallest absolute Gasteiger partial charge is 0.234 e. The standard InChI is InChI=1S/C22H24N4O2S/c1-4-14-26-21(18-8-6-7-9-19(18)28-3)24-25-22(26)29-15-20(27)23-17-12-10-16(5-2)11-13-17/h4,6-13H,1,5,14-15H2,2-3H3,(H,23,27). The van der Waals surface area contributed by atoms with Gasteiger partial charge >= 0.3 is 0 Å². The van der Waals surface area contributed by atoms with Crippen molar-refractivity contribution in [1.82, 2.24) is 14.8 Å². The number of ether oxygens (including phenoxy) is 1. The number of allylic oxidation sites excluding steroid dienone is 1. The van der Waals surface area contributed by atoms with E-state index in [1.807, 2.05) is 53.1 Å². The lowest BCUT2D eigenvalue weighted by Crippen LogP contribution is -2.14. The average molecular weight is 409 g/mol. The van der Waals surface area contributed by atoms with Crippen molar-refractivity contribution in [1.29, 1.82) is 0 Å². The van der Waals surface area contributed by atoms with Crippen LogP contribution in [0.1, 0.15) is 12.5 Å². The summed E-state index contributed by atoms with van der Waals surface area (Å²) in [6, 6.07) is 15.5. The molecule has 1 N–H and O–H groups in total. The number of nitrogens with zero attached hydrogens (tertiary/aromatic N) is 3. The van der Waals surface area contributed by atoms with E-state index in [1.54, 1.807) is 13.2 Å². The Morgan fingerprint density at radius 3 is 2.66 bits per heavy atom. The Balaban J connectivity index is 1.72. The fraction of sp³-hybridized carbons (Fsp3) is 0.227. The van der Waals surface area contributed by atoms with Crippen molar-refractivity contribution < 1.29 is 9.53 Å². The second kappa shape index (κ2) is 9.93. The van der Waals surface area contributed by atoms with Crippen LogP contribution in [0.2, 0.25) is 0 Å². The molecular weight excluding hydrogens is 384 g/mol. The second-order valence-electron chi connectivity index (χ2n) is 6.29. The van der Waals surface area contributed by atoms with Crippen LogP contribution < -0.4 is 10.1 Å². The average Bonchev–Trinajstić information content (AvgIpc) is 3.15. The Morgan fingerprint density at radius 2 is 1.97 bits per heavy atom. The van der Waals surface area contributed by atoms with Gasteiger partial charge in [0, 0.05) is 12.2 Å². The van der Waals surface area contributed by atoms with E-state index in [0.29, 0.717) is 17.5 Å².